The third-order valence-corrected chi connectivity index (χ3v) is 6.33. The molecule has 32 heavy (non-hydrogen) atoms. The number of anilines is 2. The maximum Gasteiger partial charge on any atom is 0.130 e. The molecule has 1 aliphatic carbocycles. The van der Waals surface area contributed by atoms with E-state index in [-0.39, 0.29) is 0 Å². The minimum Gasteiger partial charge on any atom is -0.383 e. The largest absolute Gasteiger partial charge is 0.383 e. The van der Waals surface area contributed by atoms with Crippen molar-refractivity contribution >= 4 is 11.6 Å². The third-order valence-electron chi connectivity index (χ3n) is 6.33. The smallest absolute Gasteiger partial charge is 0.130 e. The zero-order valence-electron chi connectivity index (χ0n) is 18.9. The lowest BCUT2D eigenvalue weighted by Gasteiger charge is -2.30. The molecule has 0 amide bonds. The van der Waals surface area contributed by atoms with Crippen molar-refractivity contribution in [1.29, 1.82) is 0 Å². The zero-order chi connectivity index (χ0) is 22.0. The number of hydrogen-bond acceptors (Lipinski definition) is 9. The van der Waals surface area contributed by atoms with E-state index in [0.29, 0.717) is 18.0 Å². The quantitative estimate of drug-likeness (QED) is 0.480. The summed E-state index contributed by atoms with van der Waals surface area (Å²) in [6.45, 7) is 4.28. The van der Waals surface area contributed by atoms with Crippen LogP contribution in [0.25, 0.3) is 11.4 Å². The summed E-state index contributed by atoms with van der Waals surface area (Å²) in [5.41, 5.74) is 1.60. The normalized spacial score (nSPS) is 21.9. The number of aromatic nitrogens is 4. The van der Waals surface area contributed by atoms with Crippen LogP contribution < -0.4 is 16.0 Å². The molecule has 9 heteroatoms. The Hall–Kier alpha value is -2.36. The zero-order valence-corrected chi connectivity index (χ0v) is 18.9. The first-order chi connectivity index (χ1) is 15.8. The molecule has 0 bridgehead atoms. The van der Waals surface area contributed by atoms with Gasteiger partial charge in [0.2, 0.25) is 0 Å². The minimum absolute atomic E-state index is 0.431. The fraction of sp³-hybridized carbons (Fsp3) is 0.652. The number of methoxy groups -OCH3 is 1. The van der Waals surface area contributed by atoms with Gasteiger partial charge in [-0.15, -0.1) is 0 Å². The second-order valence-corrected chi connectivity index (χ2v) is 8.65. The van der Waals surface area contributed by atoms with Gasteiger partial charge >= 0.3 is 0 Å². The van der Waals surface area contributed by atoms with E-state index in [9.17, 15) is 0 Å². The number of ether oxygens (including phenoxy) is 2. The van der Waals surface area contributed by atoms with E-state index in [4.69, 9.17) is 9.47 Å². The van der Waals surface area contributed by atoms with E-state index < -0.39 is 0 Å². The van der Waals surface area contributed by atoms with Gasteiger partial charge in [0.25, 0.3) is 0 Å². The molecule has 0 radical (unpaired) electrons. The van der Waals surface area contributed by atoms with Gasteiger partial charge in [-0.1, -0.05) is 0 Å². The van der Waals surface area contributed by atoms with Crippen LogP contribution in [-0.2, 0) is 9.47 Å². The summed E-state index contributed by atoms with van der Waals surface area (Å²) in [4.78, 5) is 17.7. The fourth-order valence-corrected chi connectivity index (χ4v) is 4.39. The van der Waals surface area contributed by atoms with Crippen LogP contribution in [0.5, 0.6) is 0 Å². The molecule has 1 saturated carbocycles. The Balaban J connectivity index is 1.30. The van der Waals surface area contributed by atoms with Crippen LogP contribution in [0.2, 0.25) is 0 Å². The van der Waals surface area contributed by atoms with E-state index >= 15 is 0 Å². The lowest BCUT2D eigenvalue weighted by Crippen LogP contribution is -2.38. The SMILES string of the molecule is COCCNC1CCC(Nc2cc(-c3cc(NCC4CCOCC4)ncn3)ncn2)CC1. The Kier molecular flexibility index (Phi) is 8.58. The molecule has 1 saturated heterocycles. The van der Waals surface area contributed by atoms with Crippen LogP contribution in [0, 0.1) is 5.92 Å². The fourth-order valence-electron chi connectivity index (χ4n) is 4.39. The number of nitrogens with one attached hydrogen (secondary N) is 3. The molecule has 2 aromatic heterocycles. The first-order valence-corrected chi connectivity index (χ1v) is 11.7. The van der Waals surface area contributed by atoms with Gasteiger partial charge in [-0.25, -0.2) is 19.9 Å². The van der Waals surface area contributed by atoms with E-state index in [1.165, 1.54) is 0 Å². The Morgan fingerprint density at radius 3 is 2.25 bits per heavy atom. The van der Waals surface area contributed by atoms with Crippen LogP contribution in [0.1, 0.15) is 38.5 Å². The number of nitrogens with zero attached hydrogens (tertiary/aromatic N) is 4. The van der Waals surface area contributed by atoms with E-state index in [0.717, 1.165) is 94.5 Å². The van der Waals surface area contributed by atoms with Crippen LogP contribution in [0.15, 0.2) is 24.8 Å². The highest BCUT2D eigenvalue weighted by molar-refractivity contribution is 5.61. The minimum atomic E-state index is 0.431. The Bertz CT molecular complexity index is 823. The predicted molar refractivity (Wildman–Crippen MR) is 125 cm³/mol. The van der Waals surface area contributed by atoms with Gasteiger partial charge in [0.15, 0.2) is 0 Å². The van der Waals surface area contributed by atoms with Crippen LogP contribution in [0.3, 0.4) is 0 Å². The summed E-state index contributed by atoms with van der Waals surface area (Å²) < 4.78 is 10.6. The van der Waals surface area contributed by atoms with Gasteiger partial charge in [0, 0.05) is 57.6 Å². The predicted octanol–water partition coefficient (Wildman–Crippen LogP) is 2.73. The highest BCUT2D eigenvalue weighted by Gasteiger charge is 2.21. The maximum atomic E-state index is 5.44. The second-order valence-electron chi connectivity index (χ2n) is 8.65. The average molecular weight is 442 g/mol. The van der Waals surface area contributed by atoms with Gasteiger partial charge in [0.05, 0.1) is 18.0 Å². The van der Waals surface area contributed by atoms with Gasteiger partial charge in [-0.3, -0.25) is 0 Å². The monoisotopic (exact) mass is 441 g/mol. The van der Waals surface area contributed by atoms with Crippen LogP contribution in [-0.4, -0.2) is 72.0 Å². The molecule has 9 nitrogen and oxygen atoms in total. The van der Waals surface area contributed by atoms with Crippen molar-refractivity contribution in [2.75, 3.05) is 50.7 Å². The van der Waals surface area contributed by atoms with Gasteiger partial charge in [-0.2, -0.15) is 0 Å². The van der Waals surface area contributed by atoms with Crippen molar-refractivity contribution in [3.63, 3.8) is 0 Å². The average Bonchev–Trinajstić information content (AvgIpc) is 2.85. The Labute approximate surface area is 190 Å². The van der Waals surface area contributed by atoms with E-state index in [1.54, 1.807) is 19.8 Å². The molecule has 0 spiro atoms. The lowest BCUT2D eigenvalue weighted by molar-refractivity contribution is 0.0699. The Morgan fingerprint density at radius 2 is 1.53 bits per heavy atom. The van der Waals surface area contributed by atoms with Crippen LogP contribution >= 0.6 is 0 Å². The summed E-state index contributed by atoms with van der Waals surface area (Å²) in [7, 11) is 1.74. The number of rotatable bonds is 10. The molecular formula is C23H35N7O2. The van der Waals surface area contributed by atoms with Crippen molar-refractivity contribution in [2.24, 2.45) is 5.92 Å². The molecule has 2 fully saturated rings. The third kappa shape index (κ3) is 6.82. The molecule has 3 N–H and O–H groups in total. The summed E-state index contributed by atoms with van der Waals surface area (Å²) in [6.07, 6.45) is 9.95. The van der Waals surface area contributed by atoms with E-state index in [1.807, 2.05) is 12.1 Å². The molecule has 0 aromatic carbocycles. The summed E-state index contributed by atoms with van der Waals surface area (Å²) >= 11 is 0. The van der Waals surface area contributed by atoms with Crippen molar-refractivity contribution in [2.45, 2.75) is 50.6 Å². The first-order valence-electron chi connectivity index (χ1n) is 11.7. The van der Waals surface area contributed by atoms with Gasteiger partial charge in [-0.05, 0) is 44.4 Å². The summed E-state index contributed by atoms with van der Waals surface area (Å²) in [5, 5.41) is 10.6. The highest BCUT2D eigenvalue weighted by atomic mass is 16.5. The van der Waals surface area contributed by atoms with Crippen molar-refractivity contribution in [1.82, 2.24) is 25.3 Å². The molecular weight excluding hydrogens is 406 g/mol. The molecule has 4 rings (SSSR count). The molecule has 0 atom stereocenters. The van der Waals surface area contributed by atoms with Crippen molar-refractivity contribution in [3.05, 3.63) is 24.8 Å². The van der Waals surface area contributed by atoms with Crippen molar-refractivity contribution < 1.29 is 9.47 Å². The lowest BCUT2D eigenvalue weighted by atomic mass is 9.91. The highest BCUT2D eigenvalue weighted by Crippen LogP contribution is 2.24. The first kappa shape index (κ1) is 22.8. The van der Waals surface area contributed by atoms with Crippen LogP contribution in [0.4, 0.5) is 11.6 Å². The molecule has 0 unspecified atom stereocenters. The van der Waals surface area contributed by atoms with Gasteiger partial charge < -0.3 is 25.4 Å². The second kappa shape index (κ2) is 12.0. The molecule has 174 valence electrons. The molecule has 1 aliphatic heterocycles. The topological polar surface area (TPSA) is 106 Å². The molecule has 2 aromatic rings. The summed E-state index contributed by atoms with van der Waals surface area (Å²) in [5.74, 6) is 2.30. The Morgan fingerprint density at radius 1 is 0.875 bits per heavy atom. The number of hydrogen-bond donors (Lipinski definition) is 3. The van der Waals surface area contributed by atoms with Gasteiger partial charge in [0.1, 0.15) is 24.3 Å². The maximum absolute atomic E-state index is 5.44. The standard InChI is InChI=1S/C23H35N7O2/c1-31-11-8-24-18-2-4-19(5-3-18)30-23-13-21(27-16-29-23)20-12-22(28-15-26-20)25-14-17-6-9-32-10-7-17/h12-13,15-19,24H,2-11,14H2,1H3,(H,25,26,28)(H,27,29,30). The molecule has 3 heterocycles. The summed E-state index contributed by atoms with van der Waals surface area (Å²) in [6, 6.07) is 4.95. The van der Waals surface area contributed by atoms with Crippen molar-refractivity contribution in [3.8, 4) is 11.4 Å². The van der Waals surface area contributed by atoms with E-state index in [2.05, 4.69) is 35.9 Å². The molecule has 2 aliphatic rings.